The molecule has 1 saturated carbocycles. The maximum absolute atomic E-state index is 6.02. The molecule has 0 radical (unpaired) electrons. The van der Waals surface area contributed by atoms with E-state index >= 15 is 0 Å². The lowest BCUT2D eigenvalue weighted by Crippen LogP contribution is -2.20. The minimum absolute atomic E-state index is 0.746. The van der Waals surface area contributed by atoms with E-state index < -0.39 is 0 Å². The van der Waals surface area contributed by atoms with Crippen LogP contribution in [0, 0.1) is 11.8 Å². The summed E-state index contributed by atoms with van der Waals surface area (Å²) in [6, 6.07) is 5.70. The van der Waals surface area contributed by atoms with E-state index in [0.29, 0.717) is 0 Å². The Balaban J connectivity index is 1.91. The summed E-state index contributed by atoms with van der Waals surface area (Å²) < 4.78 is 5.34. The molecule has 2 rings (SSSR count). The minimum atomic E-state index is 0.746. The fraction of sp³-hybridized carbons (Fsp3) is 0.600. The quantitative estimate of drug-likeness (QED) is 0.862. The summed E-state index contributed by atoms with van der Waals surface area (Å²) in [7, 11) is 1.69. The number of methoxy groups -OCH3 is 1. The van der Waals surface area contributed by atoms with Crippen LogP contribution in [0.4, 0.5) is 5.69 Å². The molecule has 2 nitrogen and oxygen atoms in total. The molecule has 1 aromatic carbocycles. The molecule has 18 heavy (non-hydrogen) atoms. The molecule has 1 aromatic rings. The van der Waals surface area contributed by atoms with E-state index in [1.165, 1.54) is 25.7 Å². The predicted octanol–water partition coefficient (Wildman–Crippen LogP) is 4.59. The van der Waals surface area contributed by atoms with Crippen molar-refractivity contribution in [1.29, 1.82) is 0 Å². The monoisotopic (exact) mass is 267 g/mol. The number of rotatable bonds is 4. The second-order valence-electron chi connectivity index (χ2n) is 5.35. The van der Waals surface area contributed by atoms with Gasteiger partial charge < -0.3 is 10.1 Å². The average Bonchev–Trinajstić information content (AvgIpc) is 2.38. The Kier molecular flexibility index (Phi) is 4.76. The Morgan fingerprint density at radius 1 is 1.28 bits per heavy atom. The lowest BCUT2D eigenvalue weighted by atomic mass is 9.83. The van der Waals surface area contributed by atoms with Crippen molar-refractivity contribution in [3.05, 3.63) is 23.2 Å². The minimum Gasteiger partial charge on any atom is -0.495 e. The number of ether oxygens (including phenoxy) is 1. The molecule has 0 amide bonds. The van der Waals surface area contributed by atoms with Gasteiger partial charge in [0.15, 0.2) is 0 Å². The highest BCUT2D eigenvalue weighted by molar-refractivity contribution is 6.30. The molecule has 0 spiro atoms. The van der Waals surface area contributed by atoms with Gasteiger partial charge in [-0.3, -0.25) is 0 Å². The maximum atomic E-state index is 6.02. The van der Waals surface area contributed by atoms with Crippen LogP contribution in [0.5, 0.6) is 5.75 Å². The smallest absolute Gasteiger partial charge is 0.142 e. The van der Waals surface area contributed by atoms with Crippen molar-refractivity contribution in [3.8, 4) is 5.75 Å². The van der Waals surface area contributed by atoms with Gasteiger partial charge in [-0.1, -0.05) is 31.4 Å². The summed E-state index contributed by atoms with van der Waals surface area (Å²) in [4.78, 5) is 0. The SMILES string of the molecule is COc1ccc(Cl)cc1NCC1CCC(C)CC1. The van der Waals surface area contributed by atoms with Crippen molar-refractivity contribution in [2.24, 2.45) is 11.8 Å². The number of halogens is 1. The van der Waals surface area contributed by atoms with E-state index in [1.54, 1.807) is 7.11 Å². The molecule has 3 heteroatoms. The first-order valence-corrected chi connectivity index (χ1v) is 7.14. The van der Waals surface area contributed by atoms with Gasteiger partial charge in [-0.2, -0.15) is 0 Å². The molecule has 0 saturated heterocycles. The van der Waals surface area contributed by atoms with Gasteiger partial charge in [0.25, 0.3) is 0 Å². The normalized spacial score (nSPS) is 23.7. The Morgan fingerprint density at radius 2 is 2.00 bits per heavy atom. The highest BCUT2D eigenvalue weighted by atomic mass is 35.5. The number of hydrogen-bond acceptors (Lipinski definition) is 2. The predicted molar refractivity (Wildman–Crippen MR) is 77.6 cm³/mol. The van der Waals surface area contributed by atoms with Gasteiger partial charge in [0.1, 0.15) is 5.75 Å². The van der Waals surface area contributed by atoms with E-state index in [9.17, 15) is 0 Å². The van der Waals surface area contributed by atoms with Crippen LogP contribution in [0.15, 0.2) is 18.2 Å². The van der Waals surface area contributed by atoms with E-state index in [4.69, 9.17) is 16.3 Å². The largest absolute Gasteiger partial charge is 0.495 e. The van der Waals surface area contributed by atoms with E-state index in [1.807, 2.05) is 18.2 Å². The van der Waals surface area contributed by atoms with E-state index in [2.05, 4.69) is 12.2 Å². The van der Waals surface area contributed by atoms with Crippen LogP contribution < -0.4 is 10.1 Å². The fourth-order valence-corrected chi connectivity index (χ4v) is 2.78. The van der Waals surface area contributed by atoms with Gasteiger partial charge in [-0.15, -0.1) is 0 Å². The van der Waals surface area contributed by atoms with Gasteiger partial charge in [0.2, 0.25) is 0 Å². The summed E-state index contributed by atoms with van der Waals surface area (Å²) in [6.07, 6.45) is 5.38. The van der Waals surface area contributed by atoms with Crippen LogP contribution in [-0.4, -0.2) is 13.7 Å². The Hall–Kier alpha value is -0.890. The highest BCUT2D eigenvalue weighted by Crippen LogP contribution is 2.31. The Labute approximate surface area is 115 Å². The molecule has 1 aliphatic rings. The zero-order valence-electron chi connectivity index (χ0n) is 11.2. The number of anilines is 1. The second-order valence-corrected chi connectivity index (χ2v) is 5.79. The van der Waals surface area contributed by atoms with Crippen LogP contribution in [0.2, 0.25) is 5.02 Å². The summed E-state index contributed by atoms with van der Waals surface area (Å²) in [5.41, 5.74) is 1.00. The second kappa shape index (κ2) is 6.33. The van der Waals surface area contributed by atoms with E-state index in [-0.39, 0.29) is 0 Å². The molecule has 0 aliphatic heterocycles. The number of hydrogen-bond donors (Lipinski definition) is 1. The zero-order valence-corrected chi connectivity index (χ0v) is 12.0. The molecule has 1 fully saturated rings. The summed E-state index contributed by atoms with van der Waals surface area (Å²) in [6.45, 7) is 3.37. The first-order valence-electron chi connectivity index (χ1n) is 6.76. The molecule has 0 bridgehead atoms. The number of benzene rings is 1. The van der Waals surface area contributed by atoms with Crippen molar-refractivity contribution in [3.63, 3.8) is 0 Å². The fourth-order valence-electron chi connectivity index (χ4n) is 2.61. The molecule has 0 aromatic heterocycles. The van der Waals surface area contributed by atoms with Crippen molar-refractivity contribution < 1.29 is 4.74 Å². The van der Waals surface area contributed by atoms with Crippen LogP contribution in [-0.2, 0) is 0 Å². The molecule has 100 valence electrons. The van der Waals surface area contributed by atoms with Gasteiger partial charge in [0, 0.05) is 11.6 Å². The molecule has 1 aliphatic carbocycles. The Bertz CT molecular complexity index is 386. The van der Waals surface area contributed by atoms with E-state index in [0.717, 1.165) is 34.8 Å². The third-order valence-electron chi connectivity index (χ3n) is 3.88. The third kappa shape index (κ3) is 3.55. The van der Waals surface area contributed by atoms with Crippen LogP contribution in [0.1, 0.15) is 32.6 Å². The van der Waals surface area contributed by atoms with Crippen molar-refractivity contribution in [2.45, 2.75) is 32.6 Å². The van der Waals surface area contributed by atoms with Gasteiger partial charge in [-0.25, -0.2) is 0 Å². The van der Waals surface area contributed by atoms with Crippen LogP contribution in [0.25, 0.3) is 0 Å². The Morgan fingerprint density at radius 3 is 2.67 bits per heavy atom. The average molecular weight is 268 g/mol. The molecule has 1 N–H and O–H groups in total. The van der Waals surface area contributed by atoms with Gasteiger partial charge in [0.05, 0.1) is 12.8 Å². The first kappa shape index (κ1) is 13.5. The first-order chi connectivity index (χ1) is 8.69. The lowest BCUT2D eigenvalue weighted by molar-refractivity contribution is 0.300. The van der Waals surface area contributed by atoms with Crippen molar-refractivity contribution in [2.75, 3.05) is 19.0 Å². The molecule has 0 unspecified atom stereocenters. The van der Waals surface area contributed by atoms with Gasteiger partial charge >= 0.3 is 0 Å². The van der Waals surface area contributed by atoms with Crippen LogP contribution >= 0.6 is 11.6 Å². The third-order valence-corrected chi connectivity index (χ3v) is 4.11. The molecular formula is C15H22ClNO. The van der Waals surface area contributed by atoms with Crippen LogP contribution in [0.3, 0.4) is 0 Å². The molecular weight excluding hydrogens is 246 g/mol. The topological polar surface area (TPSA) is 21.3 Å². The lowest BCUT2D eigenvalue weighted by Gasteiger charge is -2.26. The summed E-state index contributed by atoms with van der Waals surface area (Å²) >= 11 is 6.02. The van der Waals surface area contributed by atoms with Gasteiger partial charge in [-0.05, 0) is 42.9 Å². The standard InChI is InChI=1S/C15H22ClNO/c1-11-3-5-12(6-4-11)10-17-14-9-13(16)7-8-15(14)18-2/h7-9,11-12,17H,3-6,10H2,1-2H3. The number of nitrogens with one attached hydrogen (secondary N) is 1. The summed E-state index contributed by atoms with van der Waals surface area (Å²) in [5, 5.41) is 4.23. The van der Waals surface area contributed by atoms with Crippen molar-refractivity contribution >= 4 is 17.3 Å². The highest BCUT2D eigenvalue weighted by Gasteiger charge is 2.18. The maximum Gasteiger partial charge on any atom is 0.142 e. The van der Waals surface area contributed by atoms with Crippen molar-refractivity contribution in [1.82, 2.24) is 0 Å². The molecule has 0 heterocycles. The summed E-state index contributed by atoms with van der Waals surface area (Å²) in [5.74, 6) is 2.55. The molecule has 0 atom stereocenters. The zero-order chi connectivity index (χ0) is 13.0.